The van der Waals surface area contributed by atoms with E-state index in [1.807, 2.05) is 6.07 Å². The summed E-state index contributed by atoms with van der Waals surface area (Å²) in [7, 11) is 0. The maximum atomic E-state index is 13.1. The second kappa shape index (κ2) is 5.87. The summed E-state index contributed by atoms with van der Waals surface area (Å²) in [5.41, 5.74) is 0.903. The highest BCUT2D eigenvalue weighted by Crippen LogP contribution is 2.19. The molecule has 2 aromatic rings. The lowest BCUT2D eigenvalue weighted by molar-refractivity contribution is 0.509. The molecule has 0 bridgehead atoms. The molecule has 2 rings (SSSR count). The zero-order valence-corrected chi connectivity index (χ0v) is 9.90. The highest BCUT2D eigenvalue weighted by Gasteiger charge is 2.06. The molecule has 0 aliphatic rings. The Morgan fingerprint density at radius 1 is 1.11 bits per heavy atom. The van der Waals surface area contributed by atoms with Crippen LogP contribution in [0.5, 0.6) is 0 Å². The van der Waals surface area contributed by atoms with Crippen molar-refractivity contribution in [2.45, 2.75) is 6.42 Å². The molecule has 0 saturated carbocycles. The van der Waals surface area contributed by atoms with Crippen molar-refractivity contribution in [3.05, 3.63) is 42.0 Å². The number of nitriles is 1. The minimum atomic E-state index is -0.921. The average Bonchev–Trinajstić information content (AvgIpc) is 2.43. The number of anilines is 1. The van der Waals surface area contributed by atoms with Gasteiger partial charge >= 0.3 is 0 Å². The molecule has 0 saturated heterocycles. The van der Waals surface area contributed by atoms with E-state index in [0.717, 1.165) is 12.1 Å². The van der Waals surface area contributed by atoms with Crippen LogP contribution in [0.3, 0.4) is 0 Å². The lowest BCUT2D eigenvalue weighted by atomic mass is 10.1. The van der Waals surface area contributed by atoms with Gasteiger partial charge in [-0.3, -0.25) is 0 Å². The summed E-state index contributed by atoms with van der Waals surface area (Å²) in [6, 6.07) is 8.87. The third-order valence-electron chi connectivity index (χ3n) is 2.42. The van der Waals surface area contributed by atoms with Crippen molar-refractivity contribution in [2.24, 2.45) is 0 Å². The Morgan fingerprint density at radius 2 is 1.95 bits per heavy atom. The Balaban J connectivity index is 2.13. The van der Waals surface area contributed by atoms with Gasteiger partial charge in [0.2, 0.25) is 0 Å². The van der Waals surface area contributed by atoms with Crippen LogP contribution in [-0.2, 0) is 0 Å². The first-order valence-corrected chi connectivity index (χ1v) is 5.60. The molecule has 1 aromatic carbocycles. The lowest BCUT2D eigenvalue weighted by Gasteiger charge is -2.04. The van der Waals surface area contributed by atoms with E-state index < -0.39 is 11.6 Å². The van der Waals surface area contributed by atoms with E-state index in [0.29, 0.717) is 30.0 Å². The molecule has 96 valence electrons. The molecule has 0 unspecified atom stereocenters. The molecule has 1 heterocycles. The van der Waals surface area contributed by atoms with Gasteiger partial charge in [-0.05, 0) is 30.3 Å². The van der Waals surface area contributed by atoms with Crippen molar-refractivity contribution in [1.82, 2.24) is 10.2 Å². The second-order valence-electron chi connectivity index (χ2n) is 3.77. The van der Waals surface area contributed by atoms with Gasteiger partial charge in [-0.25, -0.2) is 8.78 Å². The fraction of sp³-hybridized carbons (Fsp3) is 0.154. The second-order valence-corrected chi connectivity index (χ2v) is 3.77. The number of aromatic nitrogens is 2. The Bertz CT molecular complexity index is 605. The normalized spacial score (nSPS) is 9.95. The van der Waals surface area contributed by atoms with E-state index in [4.69, 9.17) is 5.26 Å². The van der Waals surface area contributed by atoms with E-state index in [2.05, 4.69) is 15.5 Å². The van der Waals surface area contributed by atoms with Crippen molar-refractivity contribution in [1.29, 1.82) is 5.26 Å². The Kier molecular flexibility index (Phi) is 3.98. The zero-order chi connectivity index (χ0) is 13.7. The van der Waals surface area contributed by atoms with Crippen molar-refractivity contribution < 1.29 is 8.78 Å². The van der Waals surface area contributed by atoms with Crippen LogP contribution >= 0.6 is 0 Å². The van der Waals surface area contributed by atoms with Crippen LogP contribution in [0.2, 0.25) is 0 Å². The fourth-order valence-corrected chi connectivity index (χ4v) is 1.48. The maximum absolute atomic E-state index is 13.1. The van der Waals surface area contributed by atoms with Crippen molar-refractivity contribution in [2.75, 3.05) is 11.9 Å². The number of nitrogens with one attached hydrogen (secondary N) is 1. The number of halogens is 2. The summed E-state index contributed by atoms with van der Waals surface area (Å²) in [6.07, 6.45) is 0.368. The third kappa shape index (κ3) is 3.22. The SMILES string of the molecule is N#CCCNc1ccc(-c2ccc(F)c(F)c2)nn1. The van der Waals surface area contributed by atoms with Gasteiger partial charge in [-0.2, -0.15) is 5.26 Å². The zero-order valence-electron chi connectivity index (χ0n) is 9.90. The summed E-state index contributed by atoms with van der Waals surface area (Å²) >= 11 is 0. The van der Waals surface area contributed by atoms with E-state index in [1.54, 1.807) is 12.1 Å². The van der Waals surface area contributed by atoms with Crippen LogP contribution in [0.4, 0.5) is 14.6 Å². The predicted molar refractivity (Wildman–Crippen MR) is 66.1 cm³/mol. The number of hydrogen-bond acceptors (Lipinski definition) is 4. The largest absolute Gasteiger partial charge is 0.368 e. The molecule has 1 N–H and O–H groups in total. The van der Waals surface area contributed by atoms with Gasteiger partial charge in [0.25, 0.3) is 0 Å². The molecule has 0 amide bonds. The molecule has 0 spiro atoms. The van der Waals surface area contributed by atoms with E-state index >= 15 is 0 Å². The monoisotopic (exact) mass is 260 g/mol. The number of rotatable bonds is 4. The van der Waals surface area contributed by atoms with Crippen molar-refractivity contribution in [3.8, 4) is 17.3 Å². The van der Waals surface area contributed by atoms with Gasteiger partial charge < -0.3 is 5.32 Å². The topological polar surface area (TPSA) is 61.6 Å². The average molecular weight is 260 g/mol. The van der Waals surface area contributed by atoms with Gasteiger partial charge in [0, 0.05) is 12.1 Å². The van der Waals surface area contributed by atoms with Crippen LogP contribution in [0.1, 0.15) is 6.42 Å². The van der Waals surface area contributed by atoms with Crippen LogP contribution in [-0.4, -0.2) is 16.7 Å². The van der Waals surface area contributed by atoms with Crippen molar-refractivity contribution >= 4 is 5.82 Å². The molecule has 6 heteroatoms. The summed E-state index contributed by atoms with van der Waals surface area (Å²) < 4.78 is 25.9. The predicted octanol–water partition coefficient (Wildman–Crippen LogP) is 2.75. The molecule has 0 fully saturated rings. The molecular weight excluding hydrogens is 250 g/mol. The Morgan fingerprint density at radius 3 is 2.58 bits per heavy atom. The van der Waals surface area contributed by atoms with Gasteiger partial charge in [-0.15, -0.1) is 10.2 Å². The fourth-order valence-electron chi connectivity index (χ4n) is 1.48. The first-order chi connectivity index (χ1) is 9.20. The maximum Gasteiger partial charge on any atom is 0.159 e. The van der Waals surface area contributed by atoms with E-state index in [1.165, 1.54) is 6.07 Å². The standard InChI is InChI=1S/C13H10F2N4/c14-10-3-2-9(8-11(10)15)12-4-5-13(19-18-12)17-7-1-6-16/h2-5,8H,1,7H2,(H,17,19). The first kappa shape index (κ1) is 12.9. The van der Waals surface area contributed by atoms with Crippen molar-refractivity contribution in [3.63, 3.8) is 0 Å². The Labute approximate surface area is 108 Å². The van der Waals surface area contributed by atoms with Crippen LogP contribution in [0.15, 0.2) is 30.3 Å². The summed E-state index contributed by atoms with van der Waals surface area (Å²) in [4.78, 5) is 0. The quantitative estimate of drug-likeness (QED) is 0.858. The number of hydrogen-bond donors (Lipinski definition) is 1. The van der Waals surface area contributed by atoms with Crippen LogP contribution in [0.25, 0.3) is 11.3 Å². The molecule has 4 nitrogen and oxygen atoms in total. The van der Waals surface area contributed by atoms with Gasteiger partial charge in [-0.1, -0.05) is 0 Å². The summed E-state index contributed by atoms with van der Waals surface area (Å²) in [5.74, 6) is -1.29. The molecule has 0 aliphatic heterocycles. The molecule has 0 aliphatic carbocycles. The summed E-state index contributed by atoms with van der Waals surface area (Å²) in [5, 5.41) is 19.1. The lowest BCUT2D eigenvalue weighted by Crippen LogP contribution is -2.03. The number of benzene rings is 1. The molecular formula is C13H10F2N4. The molecule has 1 aromatic heterocycles. The van der Waals surface area contributed by atoms with E-state index in [-0.39, 0.29) is 0 Å². The molecule has 19 heavy (non-hydrogen) atoms. The summed E-state index contributed by atoms with van der Waals surface area (Å²) in [6.45, 7) is 0.482. The minimum absolute atomic E-state index is 0.368. The smallest absolute Gasteiger partial charge is 0.159 e. The molecule has 0 atom stereocenters. The van der Waals surface area contributed by atoms with Gasteiger partial charge in [0.05, 0.1) is 18.2 Å². The minimum Gasteiger partial charge on any atom is -0.368 e. The highest BCUT2D eigenvalue weighted by atomic mass is 19.2. The number of nitrogens with zero attached hydrogens (tertiary/aromatic N) is 3. The Hall–Kier alpha value is -2.55. The molecule has 0 radical (unpaired) electrons. The van der Waals surface area contributed by atoms with Crippen LogP contribution in [0, 0.1) is 23.0 Å². The highest BCUT2D eigenvalue weighted by molar-refractivity contribution is 5.59. The third-order valence-corrected chi connectivity index (χ3v) is 2.42. The van der Waals surface area contributed by atoms with Gasteiger partial charge in [0.1, 0.15) is 5.82 Å². The first-order valence-electron chi connectivity index (χ1n) is 5.60. The van der Waals surface area contributed by atoms with Crippen LogP contribution < -0.4 is 5.32 Å². The van der Waals surface area contributed by atoms with E-state index in [9.17, 15) is 8.78 Å². The van der Waals surface area contributed by atoms with Gasteiger partial charge in [0.15, 0.2) is 11.6 Å².